The van der Waals surface area contributed by atoms with Gasteiger partial charge in [-0.25, -0.2) is 14.4 Å². The van der Waals surface area contributed by atoms with E-state index in [2.05, 4.69) is 15.0 Å². The number of carbonyl (C=O) groups excluding carboxylic acids is 2. The number of aromatic amines is 1. The van der Waals surface area contributed by atoms with Gasteiger partial charge in [-0.3, -0.25) is 4.57 Å². The topological polar surface area (TPSA) is 112 Å². The van der Waals surface area contributed by atoms with Gasteiger partial charge in [-0.1, -0.05) is 0 Å². The molecule has 0 aliphatic carbocycles. The molecule has 9 nitrogen and oxygen atoms in total. The van der Waals surface area contributed by atoms with Gasteiger partial charge in [-0.2, -0.15) is 0 Å². The molecule has 1 aromatic carbocycles. The third-order valence-corrected chi connectivity index (χ3v) is 3.91. The summed E-state index contributed by atoms with van der Waals surface area (Å²) in [5.74, 6) is 0.264. The summed E-state index contributed by atoms with van der Waals surface area (Å²) in [6.45, 7) is 9.48. The van der Waals surface area contributed by atoms with Crippen molar-refractivity contribution in [3.63, 3.8) is 0 Å². The first-order valence-electron chi connectivity index (χ1n) is 8.90. The Hall–Kier alpha value is -2.97. The normalized spacial score (nSPS) is 11.9. The predicted molar refractivity (Wildman–Crippen MR) is 104 cm³/mol. The summed E-state index contributed by atoms with van der Waals surface area (Å²) in [5, 5.41) is 2.82. The second kappa shape index (κ2) is 7.95. The third-order valence-electron chi connectivity index (χ3n) is 3.91. The molecular formula is C19H27N3O6. The summed E-state index contributed by atoms with van der Waals surface area (Å²) < 4.78 is 16.3. The Kier molecular flexibility index (Phi) is 6.06. The fourth-order valence-electron chi connectivity index (χ4n) is 2.60. The summed E-state index contributed by atoms with van der Waals surface area (Å²) in [6, 6.07) is 4.81. The molecule has 1 aromatic heterocycles. The fourth-order valence-corrected chi connectivity index (χ4v) is 2.60. The average Bonchev–Trinajstić information content (AvgIpc) is 2.84. The van der Waals surface area contributed by atoms with Gasteiger partial charge in [0.15, 0.2) is 0 Å². The molecular weight excluding hydrogens is 366 g/mol. The maximum atomic E-state index is 12.3. The van der Waals surface area contributed by atoms with Crippen LogP contribution < -0.4 is 15.7 Å². The van der Waals surface area contributed by atoms with Crippen LogP contribution in [-0.4, -0.2) is 40.0 Å². The molecule has 0 saturated carbocycles. The first kappa shape index (κ1) is 21.3. The summed E-state index contributed by atoms with van der Waals surface area (Å²) in [7, 11) is 1.21. The lowest BCUT2D eigenvalue weighted by Gasteiger charge is -2.28. The minimum atomic E-state index is -0.837. The number of aromatic nitrogens is 2. The molecule has 0 saturated heterocycles. The number of hydrogen-bond acceptors (Lipinski definition) is 6. The highest BCUT2D eigenvalue weighted by molar-refractivity contribution is 5.78. The number of ether oxygens (including phenoxy) is 3. The third kappa shape index (κ3) is 5.77. The Morgan fingerprint density at radius 3 is 2.46 bits per heavy atom. The lowest BCUT2D eigenvalue weighted by molar-refractivity contribution is 0.0466. The zero-order valence-corrected chi connectivity index (χ0v) is 17.0. The van der Waals surface area contributed by atoms with E-state index in [-0.39, 0.29) is 11.4 Å². The highest BCUT2D eigenvalue weighted by Gasteiger charge is 2.25. The Morgan fingerprint density at radius 1 is 1.18 bits per heavy atom. The Bertz CT molecular complexity index is 920. The van der Waals surface area contributed by atoms with E-state index in [0.29, 0.717) is 24.0 Å². The smallest absolute Gasteiger partial charge is 0.444 e. The van der Waals surface area contributed by atoms with Gasteiger partial charge >= 0.3 is 17.9 Å². The van der Waals surface area contributed by atoms with Crippen LogP contribution in [0.4, 0.5) is 9.59 Å². The van der Waals surface area contributed by atoms with Gasteiger partial charge in [0.25, 0.3) is 0 Å². The number of carbonyl (C=O) groups is 2. The SMILES string of the molecule is COC(=O)Oc1ccc2c(c1)[nH]c(=O)n2CCC(C)(C)NC(=O)OC(C)(C)C. The monoisotopic (exact) mass is 393 g/mol. The van der Waals surface area contributed by atoms with Gasteiger partial charge in [0.05, 0.1) is 18.1 Å². The number of aryl methyl sites for hydroxylation is 1. The van der Waals surface area contributed by atoms with Crippen molar-refractivity contribution in [1.29, 1.82) is 0 Å². The minimum Gasteiger partial charge on any atom is -0.444 e. The highest BCUT2D eigenvalue weighted by atomic mass is 16.7. The van der Waals surface area contributed by atoms with Gasteiger partial charge in [0, 0.05) is 18.2 Å². The number of H-pyrrole nitrogens is 1. The average molecular weight is 393 g/mol. The molecule has 0 fully saturated rings. The van der Waals surface area contributed by atoms with Crippen LogP contribution in [0.1, 0.15) is 41.0 Å². The second-order valence-electron chi connectivity index (χ2n) is 8.08. The molecule has 9 heteroatoms. The lowest BCUT2D eigenvalue weighted by Crippen LogP contribution is -2.46. The first-order chi connectivity index (χ1) is 12.9. The van der Waals surface area contributed by atoms with Crippen molar-refractivity contribution in [1.82, 2.24) is 14.9 Å². The summed E-state index contributed by atoms with van der Waals surface area (Å²) >= 11 is 0. The number of amides is 1. The maximum absolute atomic E-state index is 12.3. The number of nitrogens with one attached hydrogen (secondary N) is 2. The van der Waals surface area contributed by atoms with Crippen molar-refractivity contribution in [2.24, 2.45) is 0 Å². The largest absolute Gasteiger partial charge is 0.513 e. The van der Waals surface area contributed by atoms with Gasteiger partial charge in [0.2, 0.25) is 0 Å². The van der Waals surface area contributed by atoms with Crippen LogP contribution in [0.5, 0.6) is 5.75 Å². The molecule has 0 aliphatic heterocycles. The van der Waals surface area contributed by atoms with E-state index in [0.717, 1.165) is 0 Å². The number of benzene rings is 1. The Balaban J connectivity index is 2.11. The maximum Gasteiger partial charge on any atom is 0.513 e. The molecule has 154 valence electrons. The molecule has 0 atom stereocenters. The van der Waals surface area contributed by atoms with Crippen molar-refractivity contribution in [3.8, 4) is 5.75 Å². The van der Waals surface area contributed by atoms with E-state index < -0.39 is 23.4 Å². The number of nitrogens with zero attached hydrogens (tertiary/aromatic N) is 1. The summed E-state index contributed by atoms with van der Waals surface area (Å²) in [5.41, 5.74) is -0.269. The zero-order chi connectivity index (χ0) is 21.1. The van der Waals surface area contributed by atoms with Gasteiger partial charge < -0.3 is 24.5 Å². The first-order valence-corrected chi connectivity index (χ1v) is 8.90. The van der Waals surface area contributed by atoms with E-state index in [1.54, 1.807) is 43.5 Å². The van der Waals surface area contributed by atoms with Crippen molar-refractivity contribution in [2.45, 2.75) is 58.7 Å². The fraction of sp³-hybridized carbons (Fsp3) is 0.526. The molecule has 0 radical (unpaired) electrons. The molecule has 2 aromatic rings. The molecule has 0 aliphatic rings. The van der Waals surface area contributed by atoms with Crippen molar-refractivity contribution < 1.29 is 23.8 Å². The van der Waals surface area contributed by atoms with Crippen molar-refractivity contribution >= 4 is 23.3 Å². The molecule has 0 spiro atoms. The molecule has 0 bridgehead atoms. The molecule has 1 heterocycles. The number of fused-ring (bicyclic) bond motifs is 1. The van der Waals surface area contributed by atoms with Crippen LogP contribution in [0.2, 0.25) is 0 Å². The van der Waals surface area contributed by atoms with E-state index >= 15 is 0 Å². The van der Waals surface area contributed by atoms with Crippen LogP contribution in [0, 0.1) is 0 Å². The Morgan fingerprint density at radius 2 is 1.86 bits per heavy atom. The second-order valence-corrected chi connectivity index (χ2v) is 8.08. The van der Waals surface area contributed by atoms with Crippen molar-refractivity contribution in [3.05, 3.63) is 28.7 Å². The van der Waals surface area contributed by atoms with Gasteiger partial charge in [-0.15, -0.1) is 0 Å². The number of alkyl carbamates (subject to hydrolysis) is 1. The molecule has 0 unspecified atom stereocenters. The molecule has 2 rings (SSSR count). The van der Waals surface area contributed by atoms with Crippen LogP contribution >= 0.6 is 0 Å². The van der Waals surface area contributed by atoms with E-state index in [4.69, 9.17) is 9.47 Å². The quantitative estimate of drug-likeness (QED) is 0.596. The predicted octanol–water partition coefficient (Wildman–Crippen LogP) is 3.17. The zero-order valence-electron chi connectivity index (χ0n) is 17.0. The van der Waals surface area contributed by atoms with Crippen molar-refractivity contribution in [2.75, 3.05) is 7.11 Å². The van der Waals surface area contributed by atoms with Gasteiger partial charge in [0.1, 0.15) is 11.4 Å². The molecule has 28 heavy (non-hydrogen) atoms. The lowest BCUT2D eigenvalue weighted by atomic mass is 10.0. The number of imidazole rings is 1. The highest BCUT2D eigenvalue weighted by Crippen LogP contribution is 2.20. The van der Waals surface area contributed by atoms with Crippen LogP contribution in [0.3, 0.4) is 0 Å². The minimum absolute atomic E-state index is 0.264. The molecule has 2 N–H and O–H groups in total. The number of methoxy groups -OCH3 is 1. The van der Waals surface area contributed by atoms with Crippen LogP contribution in [0.25, 0.3) is 11.0 Å². The number of hydrogen-bond donors (Lipinski definition) is 2. The van der Waals surface area contributed by atoms with Crippen LogP contribution in [0.15, 0.2) is 23.0 Å². The van der Waals surface area contributed by atoms with E-state index in [1.807, 2.05) is 13.8 Å². The number of rotatable bonds is 5. The van der Waals surface area contributed by atoms with Crippen LogP contribution in [-0.2, 0) is 16.0 Å². The molecule has 1 amide bonds. The van der Waals surface area contributed by atoms with E-state index in [1.165, 1.54) is 7.11 Å². The standard InChI is InChI=1S/C19H27N3O6/c1-18(2,3)28-16(24)21-19(4,5)9-10-22-14-8-7-12(27-17(25)26-6)11-13(14)20-15(22)23/h7-8,11H,9-10H2,1-6H3,(H,20,23)(H,21,24). The van der Waals surface area contributed by atoms with Gasteiger partial charge in [-0.05, 0) is 53.2 Å². The Labute approximate surface area is 163 Å². The summed E-state index contributed by atoms with van der Waals surface area (Å²) in [4.78, 5) is 38.3. The van der Waals surface area contributed by atoms with E-state index in [9.17, 15) is 14.4 Å². The summed E-state index contributed by atoms with van der Waals surface area (Å²) in [6.07, 6.45) is -0.844.